The van der Waals surface area contributed by atoms with E-state index in [2.05, 4.69) is 10.3 Å². The summed E-state index contributed by atoms with van der Waals surface area (Å²) in [4.78, 5) is 31.5. The minimum Gasteiger partial charge on any atom is -0.342 e. The van der Waals surface area contributed by atoms with E-state index in [0.717, 1.165) is 32.2 Å². The van der Waals surface area contributed by atoms with E-state index >= 15 is 0 Å². The summed E-state index contributed by atoms with van der Waals surface area (Å²) >= 11 is 6.11. The first-order valence-electron chi connectivity index (χ1n) is 9.30. The van der Waals surface area contributed by atoms with Crippen molar-refractivity contribution in [2.75, 3.05) is 18.4 Å². The molecule has 5 nitrogen and oxygen atoms in total. The Bertz CT molecular complexity index is 689. The smallest absolute Gasteiger partial charge is 0.231 e. The third-order valence-corrected chi connectivity index (χ3v) is 6.56. The Labute approximate surface area is 153 Å². The summed E-state index contributed by atoms with van der Waals surface area (Å²) in [5.74, 6) is 0.834. The zero-order chi connectivity index (χ0) is 17.4. The van der Waals surface area contributed by atoms with Crippen molar-refractivity contribution in [1.29, 1.82) is 0 Å². The second-order valence-electron chi connectivity index (χ2n) is 7.74. The molecule has 0 aromatic carbocycles. The molecule has 2 amide bonds. The first kappa shape index (κ1) is 16.8. The predicted molar refractivity (Wildman–Crippen MR) is 96.2 cm³/mol. The fourth-order valence-corrected chi connectivity index (χ4v) is 4.69. The Morgan fingerprint density at radius 3 is 2.80 bits per heavy atom. The topological polar surface area (TPSA) is 62.3 Å². The first-order valence-corrected chi connectivity index (χ1v) is 9.68. The number of likely N-dealkylation sites (tertiary alicyclic amines) is 1. The van der Waals surface area contributed by atoms with Crippen molar-refractivity contribution in [2.45, 2.75) is 44.9 Å². The minimum atomic E-state index is -0.317. The van der Waals surface area contributed by atoms with Gasteiger partial charge in [-0.25, -0.2) is 0 Å². The number of aromatic nitrogens is 1. The average molecular weight is 362 g/mol. The van der Waals surface area contributed by atoms with Crippen molar-refractivity contribution in [3.63, 3.8) is 0 Å². The molecule has 0 spiro atoms. The fourth-order valence-electron chi connectivity index (χ4n) is 4.53. The van der Waals surface area contributed by atoms with E-state index in [1.165, 1.54) is 19.3 Å². The van der Waals surface area contributed by atoms with E-state index in [1.54, 1.807) is 18.5 Å². The lowest BCUT2D eigenvalue weighted by Gasteiger charge is -2.34. The number of amides is 2. The number of nitrogens with one attached hydrogen (secondary N) is 1. The highest BCUT2D eigenvalue weighted by Crippen LogP contribution is 2.58. The van der Waals surface area contributed by atoms with Crippen LogP contribution in [0.3, 0.4) is 0 Å². The average Bonchev–Trinajstić information content (AvgIpc) is 3.39. The maximum Gasteiger partial charge on any atom is 0.231 e. The highest BCUT2D eigenvalue weighted by molar-refractivity contribution is 6.33. The molecule has 2 aliphatic carbocycles. The Kier molecular flexibility index (Phi) is 4.44. The molecular formula is C19H24ClN3O2. The van der Waals surface area contributed by atoms with Gasteiger partial charge in [0.05, 0.1) is 22.3 Å². The molecule has 1 aromatic heterocycles. The van der Waals surface area contributed by atoms with Crippen molar-refractivity contribution in [3.05, 3.63) is 23.5 Å². The number of hydrogen-bond acceptors (Lipinski definition) is 3. The summed E-state index contributed by atoms with van der Waals surface area (Å²) in [5.41, 5.74) is 0.248. The van der Waals surface area contributed by atoms with Crippen molar-refractivity contribution < 1.29 is 9.59 Å². The maximum atomic E-state index is 12.8. The molecule has 1 saturated heterocycles. The third kappa shape index (κ3) is 3.14. The van der Waals surface area contributed by atoms with Gasteiger partial charge < -0.3 is 10.2 Å². The lowest BCUT2D eigenvalue weighted by molar-refractivity contribution is -0.139. The van der Waals surface area contributed by atoms with Crippen LogP contribution in [-0.2, 0) is 9.59 Å². The standard InChI is InChI=1S/C19H24ClN3O2/c20-15-6-8-21-11-16(15)22-18(25)19-7-9-23(12-14(19)10-19)17(24)13-4-2-1-3-5-13/h6,8,11,13-14H,1-5,7,9-10,12H2,(H,22,25)/t14-,19+/m1/s1. The molecule has 1 N–H and O–H groups in total. The number of carbonyl (C=O) groups excluding carboxylic acids is 2. The van der Waals surface area contributed by atoms with E-state index in [-0.39, 0.29) is 23.2 Å². The van der Waals surface area contributed by atoms with Gasteiger partial charge in [0, 0.05) is 25.2 Å². The van der Waals surface area contributed by atoms with Crippen LogP contribution in [0.2, 0.25) is 5.02 Å². The normalized spacial score (nSPS) is 29.0. The fraction of sp³-hybridized carbons (Fsp3) is 0.632. The van der Waals surface area contributed by atoms with Crippen molar-refractivity contribution in [2.24, 2.45) is 17.3 Å². The number of nitrogens with zero attached hydrogens (tertiary/aromatic N) is 2. The van der Waals surface area contributed by atoms with Gasteiger partial charge in [0.1, 0.15) is 0 Å². The van der Waals surface area contributed by atoms with E-state index in [1.807, 2.05) is 4.90 Å². The van der Waals surface area contributed by atoms with Crippen LogP contribution in [0.1, 0.15) is 44.9 Å². The zero-order valence-electron chi connectivity index (χ0n) is 14.3. The molecule has 2 saturated carbocycles. The van der Waals surface area contributed by atoms with Crippen LogP contribution in [0.4, 0.5) is 5.69 Å². The van der Waals surface area contributed by atoms with E-state index in [4.69, 9.17) is 11.6 Å². The molecule has 2 heterocycles. The summed E-state index contributed by atoms with van der Waals surface area (Å²) in [6.45, 7) is 1.42. The van der Waals surface area contributed by atoms with Crippen molar-refractivity contribution in [3.8, 4) is 0 Å². The number of fused-ring (bicyclic) bond motifs is 1. The molecule has 2 atom stereocenters. The van der Waals surface area contributed by atoms with Gasteiger partial charge in [-0.1, -0.05) is 30.9 Å². The van der Waals surface area contributed by atoms with Crippen LogP contribution in [-0.4, -0.2) is 34.8 Å². The van der Waals surface area contributed by atoms with Gasteiger partial charge in [-0.2, -0.15) is 0 Å². The molecule has 1 aliphatic heterocycles. The zero-order valence-corrected chi connectivity index (χ0v) is 15.1. The molecule has 6 heteroatoms. The summed E-state index contributed by atoms with van der Waals surface area (Å²) in [7, 11) is 0. The van der Waals surface area contributed by atoms with Gasteiger partial charge in [0.15, 0.2) is 0 Å². The van der Waals surface area contributed by atoms with Crippen molar-refractivity contribution in [1.82, 2.24) is 9.88 Å². The molecule has 1 aromatic rings. The quantitative estimate of drug-likeness (QED) is 0.896. The van der Waals surface area contributed by atoms with E-state index in [9.17, 15) is 9.59 Å². The van der Waals surface area contributed by atoms with Gasteiger partial charge in [-0.15, -0.1) is 0 Å². The number of halogens is 1. The Hall–Kier alpha value is -1.62. The van der Waals surface area contributed by atoms with E-state index in [0.29, 0.717) is 23.2 Å². The minimum absolute atomic E-state index is 0.0252. The van der Waals surface area contributed by atoms with Gasteiger partial charge in [-0.3, -0.25) is 14.6 Å². The van der Waals surface area contributed by atoms with Crippen LogP contribution in [0.5, 0.6) is 0 Å². The van der Waals surface area contributed by atoms with Crippen LogP contribution >= 0.6 is 11.6 Å². The van der Waals surface area contributed by atoms with Gasteiger partial charge in [-0.05, 0) is 37.7 Å². The number of piperidine rings is 1. The molecular weight excluding hydrogens is 338 g/mol. The summed E-state index contributed by atoms with van der Waals surface area (Å²) in [6, 6.07) is 1.67. The Morgan fingerprint density at radius 1 is 1.28 bits per heavy atom. The second kappa shape index (κ2) is 6.60. The third-order valence-electron chi connectivity index (χ3n) is 6.23. The highest BCUT2D eigenvalue weighted by Gasteiger charge is 2.62. The van der Waals surface area contributed by atoms with Crippen LogP contribution in [0, 0.1) is 17.3 Å². The monoisotopic (exact) mass is 361 g/mol. The highest BCUT2D eigenvalue weighted by atomic mass is 35.5. The predicted octanol–water partition coefficient (Wildman–Crippen LogP) is 3.49. The lowest BCUT2D eigenvalue weighted by atomic mass is 9.87. The number of carbonyl (C=O) groups is 2. The van der Waals surface area contributed by atoms with Gasteiger partial charge >= 0.3 is 0 Å². The Balaban J connectivity index is 1.37. The summed E-state index contributed by atoms with van der Waals surface area (Å²) < 4.78 is 0. The molecule has 25 heavy (non-hydrogen) atoms. The molecule has 3 aliphatic rings. The summed E-state index contributed by atoms with van der Waals surface area (Å²) in [6.07, 6.45) is 10.5. The molecule has 0 unspecified atom stereocenters. The maximum absolute atomic E-state index is 12.8. The molecule has 3 fully saturated rings. The SMILES string of the molecule is O=C(C1CCCCC1)N1CC[C@]2(C(=O)Nc3cnccc3Cl)C[C@@H]2C1. The largest absolute Gasteiger partial charge is 0.342 e. The molecule has 134 valence electrons. The van der Waals surface area contributed by atoms with Crippen LogP contribution < -0.4 is 5.32 Å². The summed E-state index contributed by atoms with van der Waals surface area (Å²) in [5, 5.41) is 3.43. The Morgan fingerprint density at radius 2 is 2.08 bits per heavy atom. The molecule has 4 rings (SSSR count). The van der Waals surface area contributed by atoms with Crippen LogP contribution in [0.25, 0.3) is 0 Å². The van der Waals surface area contributed by atoms with Crippen LogP contribution in [0.15, 0.2) is 18.5 Å². The van der Waals surface area contributed by atoms with Gasteiger partial charge in [0.2, 0.25) is 11.8 Å². The van der Waals surface area contributed by atoms with Gasteiger partial charge in [0.25, 0.3) is 0 Å². The van der Waals surface area contributed by atoms with Crippen molar-refractivity contribution >= 4 is 29.1 Å². The number of anilines is 1. The second-order valence-corrected chi connectivity index (χ2v) is 8.14. The number of rotatable bonds is 3. The number of pyridine rings is 1. The van der Waals surface area contributed by atoms with E-state index < -0.39 is 0 Å². The lowest BCUT2D eigenvalue weighted by Crippen LogP contribution is -2.45. The number of hydrogen-bond donors (Lipinski definition) is 1. The molecule has 0 radical (unpaired) electrons. The first-order chi connectivity index (χ1) is 12.1. The molecule has 0 bridgehead atoms.